The van der Waals surface area contributed by atoms with E-state index in [2.05, 4.69) is 4.74 Å². The Kier molecular flexibility index (Phi) is 3.29. The summed E-state index contributed by atoms with van der Waals surface area (Å²) >= 11 is 5.40. The van der Waals surface area contributed by atoms with E-state index >= 15 is 0 Å². The molecule has 0 unspecified atom stereocenters. The summed E-state index contributed by atoms with van der Waals surface area (Å²) in [6.45, 7) is -5.16. The van der Waals surface area contributed by atoms with Gasteiger partial charge in [0.2, 0.25) is 0 Å². The molecular weight excluding hydrogens is 231 g/mol. The van der Waals surface area contributed by atoms with Crippen molar-refractivity contribution in [2.24, 2.45) is 0 Å². The molecule has 0 saturated carbocycles. The Morgan fingerprint density at radius 3 is 2.40 bits per heavy atom. The Labute approximate surface area is 89.0 Å². The van der Waals surface area contributed by atoms with Crippen LogP contribution in [0.2, 0.25) is 5.02 Å². The van der Waals surface area contributed by atoms with Gasteiger partial charge in [0.05, 0.1) is 12.7 Å². The average molecular weight is 237 g/mol. The van der Waals surface area contributed by atoms with Crippen molar-refractivity contribution in [3.05, 3.63) is 28.8 Å². The van der Waals surface area contributed by atoms with Crippen molar-refractivity contribution in [1.29, 1.82) is 0 Å². The Hall–Kier alpha value is -1.17. The summed E-state index contributed by atoms with van der Waals surface area (Å²) in [7, 11) is 1.14. The van der Waals surface area contributed by atoms with Gasteiger partial charge in [-0.3, -0.25) is 0 Å². The van der Waals surface area contributed by atoms with Gasteiger partial charge in [0.25, 0.3) is 0 Å². The number of benzene rings is 1. The number of hydrogen-bond acceptors (Lipinski definition) is 2. The van der Waals surface area contributed by atoms with Gasteiger partial charge in [-0.2, -0.15) is 0 Å². The number of carbonyl (C=O) groups excluding carboxylic acids is 1. The number of rotatable bonds is 2. The second kappa shape index (κ2) is 4.14. The van der Waals surface area contributed by atoms with Crippen LogP contribution in [0.3, 0.4) is 0 Å². The molecule has 0 amide bonds. The number of hydrogen-bond donors (Lipinski definition) is 0. The van der Waals surface area contributed by atoms with E-state index in [4.69, 9.17) is 11.6 Å². The number of carbonyl (C=O) groups is 1. The minimum atomic E-state index is -5.16. The van der Waals surface area contributed by atoms with Gasteiger partial charge in [0, 0.05) is 5.02 Å². The van der Waals surface area contributed by atoms with Gasteiger partial charge in [-0.1, -0.05) is 29.2 Å². The highest BCUT2D eigenvalue weighted by Gasteiger charge is 2.28. The molecule has 0 aliphatic carbocycles. The molecule has 0 N–H and O–H groups in total. The second-order valence-electron chi connectivity index (χ2n) is 2.80. The lowest BCUT2D eigenvalue weighted by Crippen LogP contribution is -2.35. The molecule has 1 aromatic rings. The summed E-state index contributed by atoms with van der Waals surface area (Å²) in [6.07, 6.45) is 0. The standard InChI is InChI=1S/C8H6BClF3O2/c1-15-8(14)5-2-3-6(7(10)4-5)9(11,12)13/h2-4H,1H3/q-1. The van der Waals surface area contributed by atoms with Gasteiger partial charge >= 0.3 is 12.9 Å². The zero-order valence-electron chi connectivity index (χ0n) is 7.64. The van der Waals surface area contributed by atoms with E-state index in [-0.39, 0.29) is 5.56 Å². The smallest absolute Gasteiger partial charge is 0.465 e. The van der Waals surface area contributed by atoms with Crippen LogP contribution in [0, 0.1) is 0 Å². The third kappa shape index (κ3) is 2.65. The van der Waals surface area contributed by atoms with Gasteiger partial charge in [0.15, 0.2) is 0 Å². The molecule has 7 heteroatoms. The molecule has 2 nitrogen and oxygen atoms in total. The molecule has 0 aromatic heterocycles. The van der Waals surface area contributed by atoms with Crippen LogP contribution in [0.25, 0.3) is 0 Å². The lowest BCUT2D eigenvalue weighted by atomic mass is 9.80. The van der Waals surface area contributed by atoms with E-state index < -0.39 is 23.4 Å². The third-order valence-electron chi connectivity index (χ3n) is 1.77. The molecule has 0 saturated heterocycles. The van der Waals surface area contributed by atoms with E-state index in [1.54, 1.807) is 0 Å². The minimum Gasteiger partial charge on any atom is -0.465 e. The lowest BCUT2D eigenvalue weighted by molar-refractivity contribution is 0.0600. The number of methoxy groups -OCH3 is 1. The van der Waals surface area contributed by atoms with Crippen molar-refractivity contribution in [2.75, 3.05) is 7.11 Å². The van der Waals surface area contributed by atoms with E-state index in [0.29, 0.717) is 0 Å². The molecule has 0 aliphatic heterocycles. The highest BCUT2D eigenvalue weighted by Crippen LogP contribution is 2.17. The fourth-order valence-electron chi connectivity index (χ4n) is 1.04. The van der Waals surface area contributed by atoms with Crippen molar-refractivity contribution in [1.82, 2.24) is 0 Å². The molecule has 1 aromatic carbocycles. The van der Waals surface area contributed by atoms with Crippen LogP contribution in [0.15, 0.2) is 18.2 Å². The largest absolute Gasteiger partial charge is 0.511 e. The predicted octanol–water partition coefficient (Wildman–Crippen LogP) is 2.18. The van der Waals surface area contributed by atoms with Gasteiger partial charge in [-0.15, -0.1) is 0 Å². The maximum atomic E-state index is 12.3. The van der Waals surface area contributed by atoms with E-state index in [9.17, 15) is 17.7 Å². The Morgan fingerprint density at radius 1 is 1.40 bits per heavy atom. The highest BCUT2D eigenvalue weighted by atomic mass is 35.5. The monoisotopic (exact) mass is 237 g/mol. The van der Waals surface area contributed by atoms with Crippen LogP contribution >= 0.6 is 11.6 Å². The molecule has 1 rings (SSSR count). The minimum absolute atomic E-state index is 0.00806. The first-order chi connectivity index (χ1) is 6.86. The fraction of sp³-hybridized carbons (Fsp3) is 0.125. The molecule has 15 heavy (non-hydrogen) atoms. The summed E-state index contributed by atoms with van der Waals surface area (Å²) in [6, 6.07) is 2.74. The number of esters is 1. The van der Waals surface area contributed by atoms with Crippen molar-refractivity contribution >= 4 is 30.0 Å². The van der Waals surface area contributed by atoms with Gasteiger partial charge in [0.1, 0.15) is 0 Å². The summed E-state index contributed by atoms with van der Waals surface area (Å²) < 4.78 is 41.3. The topological polar surface area (TPSA) is 26.3 Å². The van der Waals surface area contributed by atoms with Crippen molar-refractivity contribution in [3.8, 4) is 0 Å². The van der Waals surface area contributed by atoms with Crippen molar-refractivity contribution < 1.29 is 22.5 Å². The van der Waals surface area contributed by atoms with Crippen LogP contribution < -0.4 is 5.46 Å². The number of ether oxygens (including phenoxy) is 1. The van der Waals surface area contributed by atoms with Gasteiger partial charge < -0.3 is 17.7 Å². The van der Waals surface area contributed by atoms with E-state index in [1.807, 2.05) is 0 Å². The Balaban J connectivity index is 3.15. The van der Waals surface area contributed by atoms with Crippen LogP contribution in [-0.2, 0) is 4.74 Å². The van der Waals surface area contributed by atoms with Crippen LogP contribution in [0.5, 0.6) is 0 Å². The quantitative estimate of drug-likeness (QED) is 0.582. The van der Waals surface area contributed by atoms with E-state index in [1.165, 1.54) is 0 Å². The Bertz CT molecular complexity index is 392. The molecule has 0 atom stereocenters. The fourth-order valence-corrected chi connectivity index (χ4v) is 1.34. The molecule has 0 spiro atoms. The molecule has 0 heterocycles. The van der Waals surface area contributed by atoms with Crippen molar-refractivity contribution in [3.63, 3.8) is 0 Å². The molecule has 82 valence electrons. The first-order valence-corrected chi connectivity index (χ1v) is 4.31. The second-order valence-corrected chi connectivity index (χ2v) is 3.21. The van der Waals surface area contributed by atoms with Gasteiger partial charge in [-0.05, 0) is 6.07 Å². The molecule has 0 radical (unpaired) electrons. The van der Waals surface area contributed by atoms with Crippen LogP contribution in [0.1, 0.15) is 10.4 Å². The average Bonchev–Trinajstić information content (AvgIpc) is 2.14. The zero-order valence-corrected chi connectivity index (χ0v) is 8.39. The predicted molar refractivity (Wildman–Crippen MR) is 51.5 cm³/mol. The molecule has 0 bridgehead atoms. The normalized spacial score (nSPS) is 11.3. The molecule has 0 fully saturated rings. The van der Waals surface area contributed by atoms with Crippen molar-refractivity contribution in [2.45, 2.75) is 0 Å². The molecule has 0 aliphatic rings. The maximum Gasteiger partial charge on any atom is 0.511 e. The van der Waals surface area contributed by atoms with Crippen LogP contribution in [0.4, 0.5) is 12.9 Å². The highest BCUT2D eigenvalue weighted by molar-refractivity contribution is 6.76. The number of halogens is 4. The van der Waals surface area contributed by atoms with Crippen LogP contribution in [-0.4, -0.2) is 20.1 Å². The van der Waals surface area contributed by atoms with E-state index in [0.717, 1.165) is 25.3 Å². The third-order valence-corrected chi connectivity index (χ3v) is 2.10. The Morgan fingerprint density at radius 2 is 2.00 bits per heavy atom. The van der Waals surface area contributed by atoms with Gasteiger partial charge in [-0.25, -0.2) is 4.79 Å². The summed E-state index contributed by atoms with van der Waals surface area (Å²) in [5, 5.41) is -0.495. The SMILES string of the molecule is COC(=O)c1ccc([B-](F)(F)F)c(Cl)c1. The zero-order chi connectivity index (χ0) is 11.6. The lowest BCUT2D eigenvalue weighted by Gasteiger charge is -2.16. The first-order valence-electron chi connectivity index (χ1n) is 3.94. The maximum absolute atomic E-state index is 12.3. The first kappa shape index (κ1) is 11.9. The summed E-state index contributed by atoms with van der Waals surface area (Å²) in [4.78, 5) is 11.0. The molecular formula is C8H6BClF3O2-. The summed E-state index contributed by atoms with van der Waals surface area (Å²) in [5.41, 5.74) is -0.921. The summed E-state index contributed by atoms with van der Waals surface area (Å²) in [5.74, 6) is -0.724.